The summed E-state index contributed by atoms with van der Waals surface area (Å²) in [7, 11) is 0. The third-order valence-electron chi connectivity index (χ3n) is 4.68. The Morgan fingerprint density at radius 3 is 2.19 bits per heavy atom. The lowest BCUT2D eigenvalue weighted by atomic mass is 9.83. The van der Waals surface area contributed by atoms with Crippen LogP contribution in [0.1, 0.15) is 41.5 Å². The zero-order valence-electron chi connectivity index (χ0n) is 11.9. The van der Waals surface area contributed by atoms with Crippen LogP contribution in [0.15, 0.2) is 0 Å². The molecule has 0 aromatic carbocycles. The van der Waals surface area contributed by atoms with Gasteiger partial charge in [0.2, 0.25) is 0 Å². The molecule has 0 aliphatic carbocycles. The quantitative estimate of drug-likeness (QED) is 0.675. The topological polar surface area (TPSA) is 6.48 Å². The molecule has 0 radical (unpaired) electrons. The van der Waals surface area contributed by atoms with Crippen molar-refractivity contribution in [1.29, 1.82) is 0 Å². The molecule has 2 aliphatic heterocycles. The molecule has 0 spiro atoms. The molecule has 2 atom stereocenters. The molecule has 0 saturated carbocycles. The summed E-state index contributed by atoms with van der Waals surface area (Å²) >= 11 is 0. The number of nitrogens with zero attached hydrogens (tertiary/aromatic N) is 2. The van der Waals surface area contributed by atoms with E-state index in [4.69, 9.17) is 0 Å². The van der Waals surface area contributed by atoms with Gasteiger partial charge in [0, 0.05) is 37.8 Å². The second-order valence-electron chi connectivity index (χ2n) is 7.43. The molecule has 0 amide bonds. The molecule has 0 aromatic heterocycles. The van der Waals surface area contributed by atoms with E-state index < -0.39 is 0 Å². The van der Waals surface area contributed by atoms with Gasteiger partial charge in [-0.3, -0.25) is 9.80 Å². The van der Waals surface area contributed by atoms with Crippen LogP contribution in [0, 0.1) is 11.3 Å². The molecule has 16 heavy (non-hydrogen) atoms. The summed E-state index contributed by atoms with van der Waals surface area (Å²) in [6.45, 7) is 19.4. The first kappa shape index (κ1) is 12.4. The van der Waals surface area contributed by atoms with Crippen molar-refractivity contribution < 1.29 is 0 Å². The minimum atomic E-state index is 0.343. The van der Waals surface area contributed by atoms with E-state index in [9.17, 15) is 0 Å². The number of hydrogen-bond acceptors (Lipinski definition) is 2. The van der Waals surface area contributed by atoms with Gasteiger partial charge < -0.3 is 0 Å². The fourth-order valence-corrected chi connectivity index (χ4v) is 3.29. The van der Waals surface area contributed by atoms with Crippen LogP contribution in [0.3, 0.4) is 0 Å². The maximum Gasteiger partial charge on any atom is 0.0125 e. The van der Waals surface area contributed by atoms with Crippen molar-refractivity contribution in [3.05, 3.63) is 0 Å². The summed E-state index contributed by atoms with van der Waals surface area (Å²) in [5.74, 6) is 0.883. The zero-order valence-corrected chi connectivity index (χ0v) is 11.9. The van der Waals surface area contributed by atoms with Crippen LogP contribution in [0.2, 0.25) is 0 Å². The van der Waals surface area contributed by atoms with E-state index in [0.29, 0.717) is 17.0 Å². The molecular formula is C14H28N2. The SMILES string of the molecule is CC(C)N1CC2CN(C(C)(C)C)CC2(C)C1. The molecule has 2 fully saturated rings. The fourth-order valence-electron chi connectivity index (χ4n) is 3.29. The lowest BCUT2D eigenvalue weighted by Crippen LogP contribution is -2.43. The highest BCUT2D eigenvalue weighted by Gasteiger charge is 2.51. The van der Waals surface area contributed by atoms with Crippen molar-refractivity contribution in [2.24, 2.45) is 11.3 Å². The van der Waals surface area contributed by atoms with Gasteiger partial charge in [-0.1, -0.05) is 6.92 Å². The van der Waals surface area contributed by atoms with E-state index in [-0.39, 0.29) is 0 Å². The Bertz CT molecular complexity index is 266. The van der Waals surface area contributed by atoms with Gasteiger partial charge in [-0.2, -0.15) is 0 Å². The average molecular weight is 224 g/mol. The van der Waals surface area contributed by atoms with Gasteiger partial charge in [0.05, 0.1) is 0 Å². The predicted molar refractivity (Wildman–Crippen MR) is 69.6 cm³/mol. The number of fused-ring (bicyclic) bond motifs is 1. The van der Waals surface area contributed by atoms with Gasteiger partial charge in [-0.05, 0) is 46.0 Å². The average Bonchev–Trinajstić information content (AvgIpc) is 2.54. The van der Waals surface area contributed by atoms with Gasteiger partial charge in [-0.15, -0.1) is 0 Å². The molecule has 2 heterocycles. The Balaban J connectivity index is 2.06. The van der Waals surface area contributed by atoms with Crippen LogP contribution in [0.4, 0.5) is 0 Å². The van der Waals surface area contributed by atoms with Crippen molar-refractivity contribution in [3.8, 4) is 0 Å². The minimum absolute atomic E-state index is 0.343. The molecule has 2 aliphatic rings. The first-order valence-electron chi connectivity index (χ1n) is 6.71. The van der Waals surface area contributed by atoms with Crippen molar-refractivity contribution >= 4 is 0 Å². The zero-order chi connectivity index (χ0) is 12.1. The maximum atomic E-state index is 2.68. The van der Waals surface area contributed by atoms with Crippen LogP contribution in [0.5, 0.6) is 0 Å². The molecule has 2 heteroatoms. The van der Waals surface area contributed by atoms with Crippen LogP contribution in [0.25, 0.3) is 0 Å². The van der Waals surface area contributed by atoms with Gasteiger partial charge in [-0.25, -0.2) is 0 Å². The highest BCUT2D eigenvalue weighted by atomic mass is 15.3. The standard InChI is InChI=1S/C14H28N2/c1-11(2)15-7-12-8-16(13(3,4)5)10-14(12,6)9-15/h11-12H,7-10H2,1-6H3. The third kappa shape index (κ3) is 2.02. The Morgan fingerprint density at radius 2 is 1.75 bits per heavy atom. The molecule has 2 unspecified atom stereocenters. The molecular weight excluding hydrogens is 196 g/mol. The summed E-state index contributed by atoms with van der Waals surface area (Å²) < 4.78 is 0. The van der Waals surface area contributed by atoms with Crippen molar-refractivity contribution in [2.45, 2.75) is 53.1 Å². The van der Waals surface area contributed by atoms with E-state index in [1.54, 1.807) is 0 Å². The molecule has 0 aromatic rings. The van der Waals surface area contributed by atoms with Crippen LogP contribution >= 0.6 is 0 Å². The Morgan fingerprint density at radius 1 is 1.12 bits per heavy atom. The number of hydrogen-bond donors (Lipinski definition) is 0. The Kier molecular flexibility index (Phi) is 2.87. The van der Waals surface area contributed by atoms with E-state index >= 15 is 0 Å². The molecule has 94 valence electrons. The third-order valence-corrected chi connectivity index (χ3v) is 4.68. The van der Waals surface area contributed by atoms with Gasteiger partial charge >= 0.3 is 0 Å². The second-order valence-corrected chi connectivity index (χ2v) is 7.43. The summed E-state index contributed by atoms with van der Waals surface area (Å²) in [5.41, 5.74) is 0.883. The minimum Gasteiger partial charge on any atom is -0.300 e. The maximum absolute atomic E-state index is 2.68. The first-order valence-corrected chi connectivity index (χ1v) is 6.71. The van der Waals surface area contributed by atoms with E-state index in [0.717, 1.165) is 5.92 Å². The smallest absolute Gasteiger partial charge is 0.0125 e. The molecule has 0 bridgehead atoms. The van der Waals surface area contributed by atoms with E-state index in [1.807, 2.05) is 0 Å². The Hall–Kier alpha value is -0.0800. The summed E-state index contributed by atoms with van der Waals surface area (Å²) in [6, 6.07) is 0.713. The van der Waals surface area contributed by atoms with Gasteiger partial charge in [0.1, 0.15) is 0 Å². The van der Waals surface area contributed by atoms with E-state index in [2.05, 4.69) is 51.3 Å². The largest absolute Gasteiger partial charge is 0.300 e. The van der Waals surface area contributed by atoms with Gasteiger partial charge in [0.15, 0.2) is 0 Å². The normalized spacial score (nSPS) is 37.3. The van der Waals surface area contributed by atoms with Crippen molar-refractivity contribution in [2.75, 3.05) is 26.2 Å². The second kappa shape index (κ2) is 3.71. The highest BCUT2D eigenvalue weighted by Crippen LogP contribution is 2.44. The summed E-state index contributed by atoms with van der Waals surface area (Å²) in [5, 5.41) is 0. The number of rotatable bonds is 1. The molecule has 2 rings (SSSR count). The monoisotopic (exact) mass is 224 g/mol. The van der Waals surface area contributed by atoms with Crippen LogP contribution in [-0.4, -0.2) is 47.6 Å². The lowest BCUT2D eigenvalue weighted by molar-refractivity contribution is 0.130. The van der Waals surface area contributed by atoms with Crippen LogP contribution in [-0.2, 0) is 0 Å². The molecule has 2 saturated heterocycles. The lowest BCUT2D eigenvalue weighted by Gasteiger charge is -2.35. The first-order chi connectivity index (χ1) is 7.22. The van der Waals surface area contributed by atoms with Crippen molar-refractivity contribution in [1.82, 2.24) is 9.80 Å². The highest BCUT2D eigenvalue weighted by molar-refractivity contribution is 5.04. The predicted octanol–water partition coefficient (Wildman–Crippen LogP) is 2.45. The Labute approximate surface area is 101 Å². The van der Waals surface area contributed by atoms with Crippen molar-refractivity contribution in [3.63, 3.8) is 0 Å². The molecule has 2 nitrogen and oxygen atoms in total. The van der Waals surface area contributed by atoms with E-state index in [1.165, 1.54) is 26.2 Å². The van der Waals surface area contributed by atoms with Crippen LogP contribution < -0.4 is 0 Å². The molecule has 0 N–H and O–H groups in total. The number of likely N-dealkylation sites (tertiary alicyclic amines) is 2. The fraction of sp³-hybridized carbons (Fsp3) is 1.00. The summed E-state index contributed by atoms with van der Waals surface area (Å²) in [4.78, 5) is 5.33. The summed E-state index contributed by atoms with van der Waals surface area (Å²) in [6.07, 6.45) is 0. The van der Waals surface area contributed by atoms with Gasteiger partial charge in [0.25, 0.3) is 0 Å².